The maximum Gasteiger partial charge on any atom is 0.252 e. The lowest BCUT2D eigenvalue weighted by Gasteiger charge is -2.24. The maximum atomic E-state index is 13.4. The Hall–Kier alpha value is -3.42. The van der Waals surface area contributed by atoms with Crippen molar-refractivity contribution in [2.45, 2.75) is 17.7 Å². The fourth-order valence-corrected chi connectivity index (χ4v) is 5.40. The number of amides is 1. The summed E-state index contributed by atoms with van der Waals surface area (Å²) < 4.78 is 16.0. The van der Waals surface area contributed by atoms with E-state index in [9.17, 15) is 4.79 Å². The second-order valence-corrected chi connectivity index (χ2v) is 9.98. The van der Waals surface area contributed by atoms with Gasteiger partial charge in [0.1, 0.15) is 5.75 Å². The Balaban J connectivity index is 1.38. The molecule has 0 bridgehead atoms. The lowest BCUT2D eigenvalue weighted by Crippen LogP contribution is -2.33. The van der Waals surface area contributed by atoms with Crippen molar-refractivity contribution >= 4 is 28.3 Å². The van der Waals surface area contributed by atoms with Crippen LogP contribution in [0.1, 0.15) is 17.5 Å². The molecule has 1 heterocycles. The molecule has 0 aliphatic carbocycles. The number of benzene rings is 3. The highest BCUT2D eigenvalue weighted by molar-refractivity contribution is 8.08. The first kappa shape index (κ1) is 26.6. The number of anilines is 1. The molecular weight excluding hydrogens is 484 g/mol. The molecule has 0 saturated heterocycles. The van der Waals surface area contributed by atoms with Crippen molar-refractivity contribution in [1.29, 1.82) is 0 Å². The number of carbonyl (C=O) groups excluding carboxylic acids is 1. The van der Waals surface area contributed by atoms with Gasteiger partial charge in [-0.1, -0.05) is 42.1 Å². The predicted octanol–water partition coefficient (Wildman–Crippen LogP) is 5.76. The van der Waals surface area contributed by atoms with E-state index in [0.29, 0.717) is 6.54 Å². The minimum atomic E-state index is 0.0104. The van der Waals surface area contributed by atoms with Crippen LogP contribution in [0, 0.1) is 0 Å². The standard InChI is InChI=1S/C30H34N2O4S/c1-31(19-16-22-10-15-26(35-3)27(20-22)36-4)17-7-18-32-25-8-5-6-9-28(25)37-29(21-30(32)33)23-11-13-24(34-2)14-12-23/h5-6,8-15,20-21H,7,16-19H2,1-4H3. The Bertz CT molecular complexity index is 1240. The molecule has 1 aliphatic heterocycles. The Morgan fingerprint density at radius 1 is 0.865 bits per heavy atom. The number of para-hydroxylation sites is 1. The molecule has 1 aliphatic rings. The first-order valence-electron chi connectivity index (χ1n) is 12.4. The van der Waals surface area contributed by atoms with Gasteiger partial charge in [-0.15, -0.1) is 0 Å². The van der Waals surface area contributed by atoms with E-state index in [-0.39, 0.29) is 5.91 Å². The summed E-state index contributed by atoms with van der Waals surface area (Å²) in [5, 5.41) is 0. The zero-order valence-corrected chi connectivity index (χ0v) is 22.7. The summed E-state index contributed by atoms with van der Waals surface area (Å²) in [5.74, 6) is 2.30. The lowest BCUT2D eigenvalue weighted by atomic mass is 10.1. The minimum Gasteiger partial charge on any atom is -0.497 e. The van der Waals surface area contributed by atoms with Gasteiger partial charge < -0.3 is 24.0 Å². The molecule has 0 radical (unpaired) electrons. The molecule has 194 valence electrons. The third kappa shape index (κ3) is 6.67. The van der Waals surface area contributed by atoms with E-state index in [1.54, 1.807) is 39.2 Å². The van der Waals surface area contributed by atoms with Crippen LogP contribution in [0.4, 0.5) is 5.69 Å². The van der Waals surface area contributed by atoms with Crippen molar-refractivity contribution in [2.75, 3.05) is 52.9 Å². The van der Waals surface area contributed by atoms with Gasteiger partial charge in [-0.2, -0.15) is 0 Å². The molecule has 0 aromatic heterocycles. The Morgan fingerprint density at radius 3 is 2.35 bits per heavy atom. The van der Waals surface area contributed by atoms with Crippen molar-refractivity contribution < 1.29 is 19.0 Å². The van der Waals surface area contributed by atoms with Gasteiger partial charge in [0, 0.05) is 29.0 Å². The van der Waals surface area contributed by atoms with E-state index in [1.807, 2.05) is 59.5 Å². The highest BCUT2D eigenvalue weighted by atomic mass is 32.2. The van der Waals surface area contributed by atoms with Gasteiger partial charge in [0.05, 0.1) is 27.0 Å². The van der Waals surface area contributed by atoms with Gasteiger partial charge in [-0.25, -0.2) is 0 Å². The molecule has 37 heavy (non-hydrogen) atoms. The number of likely N-dealkylation sites (N-methyl/N-ethyl adjacent to an activating group) is 1. The number of thioether (sulfide) groups is 1. The van der Waals surface area contributed by atoms with Gasteiger partial charge in [0.25, 0.3) is 5.91 Å². The van der Waals surface area contributed by atoms with Crippen molar-refractivity contribution in [3.05, 3.63) is 83.9 Å². The predicted molar refractivity (Wildman–Crippen MR) is 151 cm³/mol. The molecule has 6 nitrogen and oxygen atoms in total. The van der Waals surface area contributed by atoms with Gasteiger partial charge in [-0.3, -0.25) is 4.79 Å². The molecule has 0 fully saturated rings. The second kappa shape index (κ2) is 12.7. The Labute approximate surface area is 223 Å². The summed E-state index contributed by atoms with van der Waals surface area (Å²) in [7, 11) is 7.08. The van der Waals surface area contributed by atoms with Crippen LogP contribution >= 0.6 is 11.8 Å². The third-order valence-electron chi connectivity index (χ3n) is 6.42. The topological polar surface area (TPSA) is 51.2 Å². The fourth-order valence-electron chi connectivity index (χ4n) is 4.32. The number of rotatable bonds is 11. The summed E-state index contributed by atoms with van der Waals surface area (Å²) in [4.78, 5) is 19.6. The van der Waals surface area contributed by atoms with E-state index in [0.717, 1.165) is 64.2 Å². The SMILES string of the molecule is COc1ccc(C2=CC(=O)N(CCCN(C)CCc3ccc(OC)c(OC)c3)c3ccccc3S2)cc1. The number of carbonyl (C=O) groups is 1. The molecule has 0 N–H and O–H groups in total. The molecule has 0 atom stereocenters. The lowest BCUT2D eigenvalue weighted by molar-refractivity contribution is -0.114. The Kier molecular flexibility index (Phi) is 9.14. The van der Waals surface area contributed by atoms with Crippen LogP contribution < -0.4 is 19.1 Å². The molecule has 0 saturated carbocycles. The molecule has 3 aromatic carbocycles. The third-order valence-corrected chi connectivity index (χ3v) is 7.56. The van der Waals surface area contributed by atoms with E-state index >= 15 is 0 Å². The summed E-state index contributed by atoms with van der Waals surface area (Å²) in [6.45, 7) is 2.46. The summed E-state index contributed by atoms with van der Waals surface area (Å²) in [5.41, 5.74) is 3.17. The molecule has 3 aromatic rings. The summed E-state index contributed by atoms with van der Waals surface area (Å²) in [6.07, 6.45) is 3.54. The number of hydrogen-bond acceptors (Lipinski definition) is 6. The van der Waals surface area contributed by atoms with E-state index < -0.39 is 0 Å². The minimum absolute atomic E-state index is 0.0104. The van der Waals surface area contributed by atoms with Crippen LogP contribution in [0.5, 0.6) is 17.2 Å². The second-order valence-electron chi connectivity index (χ2n) is 8.89. The first-order valence-corrected chi connectivity index (χ1v) is 13.2. The number of ether oxygens (including phenoxy) is 3. The molecule has 0 unspecified atom stereocenters. The highest BCUT2D eigenvalue weighted by Gasteiger charge is 2.23. The average Bonchev–Trinajstić information content (AvgIpc) is 3.07. The van der Waals surface area contributed by atoms with E-state index in [1.165, 1.54) is 5.56 Å². The van der Waals surface area contributed by atoms with Crippen LogP contribution in [0.25, 0.3) is 4.91 Å². The number of fused-ring (bicyclic) bond motifs is 1. The van der Waals surface area contributed by atoms with Gasteiger partial charge in [0.2, 0.25) is 0 Å². The maximum absolute atomic E-state index is 13.4. The molecule has 4 rings (SSSR count). The largest absolute Gasteiger partial charge is 0.497 e. The zero-order chi connectivity index (χ0) is 26.2. The van der Waals surface area contributed by atoms with Crippen molar-refractivity contribution in [3.8, 4) is 17.2 Å². The van der Waals surface area contributed by atoms with Crippen molar-refractivity contribution in [3.63, 3.8) is 0 Å². The van der Waals surface area contributed by atoms with E-state index in [4.69, 9.17) is 14.2 Å². The molecule has 7 heteroatoms. The Morgan fingerprint density at radius 2 is 1.62 bits per heavy atom. The van der Waals surface area contributed by atoms with Gasteiger partial charge in [-0.05, 0) is 74.0 Å². The number of nitrogens with zero attached hydrogens (tertiary/aromatic N) is 2. The monoisotopic (exact) mass is 518 g/mol. The van der Waals surface area contributed by atoms with Crippen molar-refractivity contribution in [1.82, 2.24) is 4.90 Å². The van der Waals surface area contributed by atoms with Crippen LogP contribution in [-0.4, -0.2) is 58.8 Å². The van der Waals surface area contributed by atoms with Gasteiger partial charge >= 0.3 is 0 Å². The van der Waals surface area contributed by atoms with Crippen LogP contribution in [0.2, 0.25) is 0 Å². The van der Waals surface area contributed by atoms with E-state index in [2.05, 4.69) is 24.1 Å². The number of methoxy groups -OCH3 is 3. The van der Waals surface area contributed by atoms with Crippen molar-refractivity contribution in [2.24, 2.45) is 0 Å². The quantitative estimate of drug-likeness (QED) is 0.322. The van der Waals surface area contributed by atoms with Crippen LogP contribution in [0.15, 0.2) is 77.7 Å². The normalized spacial score (nSPS) is 13.2. The van der Waals surface area contributed by atoms with Gasteiger partial charge in [0.15, 0.2) is 11.5 Å². The van der Waals surface area contributed by atoms with Crippen LogP contribution in [0.3, 0.4) is 0 Å². The zero-order valence-electron chi connectivity index (χ0n) is 21.9. The summed E-state index contributed by atoms with van der Waals surface area (Å²) >= 11 is 1.63. The first-order chi connectivity index (χ1) is 18.0. The average molecular weight is 519 g/mol. The molecule has 1 amide bonds. The number of hydrogen-bond donors (Lipinski definition) is 0. The summed E-state index contributed by atoms with van der Waals surface area (Å²) in [6, 6.07) is 22.0. The van der Waals surface area contributed by atoms with Crippen LogP contribution in [-0.2, 0) is 11.2 Å². The fraction of sp³-hybridized carbons (Fsp3) is 0.300. The molecule has 0 spiro atoms. The molecular formula is C30H34N2O4S. The smallest absolute Gasteiger partial charge is 0.252 e. The highest BCUT2D eigenvalue weighted by Crippen LogP contribution is 2.42.